The summed E-state index contributed by atoms with van der Waals surface area (Å²) in [6, 6.07) is 11.5. The number of halogens is 1. The third-order valence-corrected chi connectivity index (χ3v) is 7.19. The van der Waals surface area contributed by atoms with E-state index in [1.54, 1.807) is 58.0 Å². The van der Waals surface area contributed by atoms with Crippen molar-refractivity contribution in [1.29, 1.82) is 0 Å². The van der Waals surface area contributed by atoms with Crippen LogP contribution in [0.5, 0.6) is 5.75 Å². The van der Waals surface area contributed by atoms with E-state index in [9.17, 15) is 13.2 Å². The molecule has 0 aliphatic carbocycles. The second kappa shape index (κ2) is 10.3. The van der Waals surface area contributed by atoms with Crippen LogP contribution in [0.4, 0.5) is 5.69 Å². The van der Waals surface area contributed by atoms with Crippen LogP contribution in [0.2, 0.25) is 5.02 Å². The molecule has 0 atom stereocenters. The molecule has 1 N–H and O–H groups in total. The number of aromatic nitrogens is 3. The highest BCUT2D eigenvalue weighted by Gasteiger charge is 2.27. The molecule has 0 fully saturated rings. The number of benzene rings is 2. The molecular formula is C22H26ClN5O4S. The van der Waals surface area contributed by atoms with E-state index in [-0.39, 0.29) is 22.2 Å². The third kappa shape index (κ3) is 5.35. The fraction of sp³-hybridized carbons (Fsp3) is 0.318. The van der Waals surface area contributed by atoms with Gasteiger partial charge in [0.2, 0.25) is 15.8 Å². The molecule has 33 heavy (non-hydrogen) atoms. The number of carbonyl (C=O) groups excluding carboxylic acids is 1. The van der Waals surface area contributed by atoms with Crippen molar-refractivity contribution in [3.05, 3.63) is 59.1 Å². The second-order valence-corrected chi connectivity index (χ2v) is 9.35. The smallest absolute Gasteiger partial charge is 0.295 e. The molecule has 0 spiro atoms. The number of amides is 1. The van der Waals surface area contributed by atoms with Crippen molar-refractivity contribution in [2.24, 2.45) is 0 Å². The highest BCUT2D eigenvalue weighted by molar-refractivity contribution is 7.89. The molecule has 3 rings (SSSR count). The molecule has 0 saturated heterocycles. The maximum atomic E-state index is 13.1. The van der Waals surface area contributed by atoms with E-state index in [4.69, 9.17) is 16.3 Å². The molecule has 0 aliphatic rings. The minimum atomic E-state index is -3.81. The summed E-state index contributed by atoms with van der Waals surface area (Å²) in [5, 5.41) is 7.54. The molecule has 1 amide bonds. The summed E-state index contributed by atoms with van der Waals surface area (Å²) in [6.45, 7) is 7.95. The van der Waals surface area contributed by atoms with Gasteiger partial charge in [-0.1, -0.05) is 25.4 Å². The van der Waals surface area contributed by atoms with Gasteiger partial charge in [0.25, 0.3) is 5.91 Å². The first-order chi connectivity index (χ1) is 15.7. The third-order valence-electron chi connectivity index (χ3n) is 4.87. The molecule has 11 heteroatoms. The Balaban J connectivity index is 1.91. The number of ether oxygens (including phenoxy) is 1. The van der Waals surface area contributed by atoms with Crippen molar-refractivity contribution in [3.63, 3.8) is 0 Å². The first-order valence-corrected chi connectivity index (χ1v) is 12.3. The Bertz CT molecular complexity index is 1240. The highest BCUT2D eigenvalue weighted by atomic mass is 35.5. The Labute approximate surface area is 198 Å². The largest absolute Gasteiger partial charge is 0.492 e. The lowest BCUT2D eigenvalue weighted by atomic mass is 10.3. The first-order valence-electron chi connectivity index (χ1n) is 10.5. The van der Waals surface area contributed by atoms with Gasteiger partial charge in [0.15, 0.2) is 0 Å². The van der Waals surface area contributed by atoms with Crippen LogP contribution in [-0.2, 0) is 10.0 Å². The van der Waals surface area contributed by atoms with Crippen LogP contribution in [0.3, 0.4) is 0 Å². The Morgan fingerprint density at radius 3 is 2.39 bits per heavy atom. The highest BCUT2D eigenvalue weighted by Crippen LogP contribution is 2.30. The average molecular weight is 492 g/mol. The molecule has 1 aromatic heterocycles. The number of hydrogen-bond donors (Lipinski definition) is 1. The monoisotopic (exact) mass is 491 g/mol. The molecule has 3 aromatic rings. The zero-order valence-electron chi connectivity index (χ0n) is 18.9. The van der Waals surface area contributed by atoms with Gasteiger partial charge in [-0.25, -0.2) is 18.1 Å². The van der Waals surface area contributed by atoms with E-state index in [0.29, 0.717) is 36.2 Å². The molecular weight excluding hydrogens is 466 g/mol. The zero-order valence-corrected chi connectivity index (χ0v) is 20.4. The number of nitrogens with one attached hydrogen (secondary N) is 1. The lowest BCUT2D eigenvalue weighted by Crippen LogP contribution is -2.31. The van der Waals surface area contributed by atoms with Crippen molar-refractivity contribution >= 4 is 33.2 Å². The van der Waals surface area contributed by atoms with E-state index in [1.807, 2.05) is 0 Å². The molecule has 176 valence electrons. The number of hydrogen-bond acceptors (Lipinski definition) is 6. The van der Waals surface area contributed by atoms with Gasteiger partial charge in [0.05, 0.1) is 12.3 Å². The predicted octanol–water partition coefficient (Wildman–Crippen LogP) is 3.91. The lowest BCUT2D eigenvalue weighted by molar-refractivity contribution is 0.101. The van der Waals surface area contributed by atoms with Gasteiger partial charge < -0.3 is 10.1 Å². The summed E-state index contributed by atoms with van der Waals surface area (Å²) in [6.07, 6.45) is 0. The second-order valence-electron chi connectivity index (χ2n) is 7.01. The van der Waals surface area contributed by atoms with Crippen molar-refractivity contribution in [2.45, 2.75) is 32.6 Å². The summed E-state index contributed by atoms with van der Waals surface area (Å²) >= 11 is 5.93. The van der Waals surface area contributed by atoms with Gasteiger partial charge in [-0.05, 0) is 56.3 Å². The van der Waals surface area contributed by atoms with E-state index in [2.05, 4.69) is 15.4 Å². The Morgan fingerprint density at radius 1 is 1.12 bits per heavy atom. The van der Waals surface area contributed by atoms with Crippen LogP contribution in [-0.4, -0.2) is 53.1 Å². The first kappa shape index (κ1) is 24.7. The molecule has 0 aliphatic heterocycles. The van der Waals surface area contributed by atoms with Crippen LogP contribution in [0, 0.1) is 6.92 Å². The van der Waals surface area contributed by atoms with Gasteiger partial charge in [-0.2, -0.15) is 4.31 Å². The normalized spacial score (nSPS) is 11.6. The van der Waals surface area contributed by atoms with Gasteiger partial charge in [-0.15, -0.1) is 5.10 Å². The van der Waals surface area contributed by atoms with E-state index in [1.165, 1.54) is 21.1 Å². The maximum Gasteiger partial charge on any atom is 0.295 e. The quantitative estimate of drug-likeness (QED) is 0.486. The minimum Gasteiger partial charge on any atom is -0.492 e. The Kier molecular flexibility index (Phi) is 7.72. The van der Waals surface area contributed by atoms with E-state index >= 15 is 0 Å². The van der Waals surface area contributed by atoms with Crippen molar-refractivity contribution in [3.8, 4) is 11.4 Å². The fourth-order valence-corrected chi connectivity index (χ4v) is 5.01. The molecule has 0 unspecified atom stereocenters. The average Bonchev–Trinajstić information content (AvgIpc) is 3.18. The number of anilines is 1. The summed E-state index contributed by atoms with van der Waals surface area (Å²) in [5.41, 5.74) is 0.992. The number of carbonyl (C=O) groups is 1. The van der Waals surface area contributed by atoms with Crippen LogP contribution in [0.1, 0.15) is 37.2 Å². The Morgan fingerprint density at radius 2 is 1.79 bits per heavy atom. The van der Waals surface area contributed by atoms with Gasteiger partial charge in [-0.3, -0.25) is 4.79 Å². The zero-order chi connectivity index (χ0) is 24.2. The molecule has 9 nitrogen and oxygen atoms in total. The predicted molar refractivity (Wildman–Crippen MR) is 127 cm³/mol. The standard InChI is InChI=1S/C22H26ClN5O4S/c1-5-27(6-2)33(30,31)20-14-17(10-13-19(20)32-7-3)25-22(29)21-24-15(4)28(26-21)18-11-8-16(23)9-12-18/h8-14H,5-7H2,1-4H3,(H,25,29). The van der Waals surface area contributed by atoms with Crippen LogP contribution in [0.25, 0.3) is 5.69 Å². The van der Waals surface area contributed by atoms with Crippen molar-refractivity contribution in [1.82, 2.24) is 19.1 Å². The topological polar surface area (TPSA) is 106 Å². The maximum absolute atomic E-state index is 13.1. The molecule has 1 heterocycles. The molecule has 0 saturated carbocycles. The van der Waals surface area contributed by atoms with Gasteiger partial charge in [0, 0.05) is 23.8 Å². The number of rotatable bonds is 9. The van der Waals surface area contributed by atoms with Crippen molar-refractivity contribution < 1.29 is 17.9 Å². The number of sulfonamides is 1. The van der Waals surface area contributed by atoms with Gasteiger partial charge in [0.1, 0.15) is 16.5 Å². The van der Waals surface area contributed by atoms with Crippen LogP contribution >= 0.6 is 11.6 Å². The molecule has 0 bridgehead atoms. The fourth-order valence-electron chi connectivity index (χ4n) is 3.26. The summed E-state index contributed by atoms with van der Waals surface area (Å²) in [7, 11) is -3.81. The van der Waals surface area contributed by atoms with Crippen molar-refractivity contribution in [2.75, 3.05) is 25.0 Å². The van der Waals surface area contributed by atoms with Crippen LogP contribution < -0.4 is 10.1 Å². The molecule has 2 aromatic carbocycles. The SMILES string of the molecule is CCOc1ccc(NC(=O)c2nc(C)n(-c3ccc(Cl)cc3)n2)cc1S(=O)(=O)N(CC)CC. The summed E-state index contributed by atoms with van der Waals surface area (Å²) in [5.74, 6) is 0.119. The van der Waals surface area contributed by atoms with E-state index < -0.39 is 15.9 Å². The van der Waals surface area contributed by atoms with Gasteiger partial charge >= 0.3 is 0 Å². The number of nitrogens with zero attached hydrogens (tertiary/aromatic N) is 4. The summed E-state index contributed by atoms with van der Waals surface area (Å²) in [4.78, 5) is 17.0. The Hall–Kier alpha value is -2.95. The summed E-state index contributed by atoms with van der Waals surface area (Å²) < 4.78 is 34.6. The molecule has 0 radical (unpaired) electrons. The van der Waals surface area contributed by atoms with Crippen LogP contribution in [0.15, 0.2) is 47.4 Å². The minimum absolute atomic E-state index is 0.0123. The lowest BCUT2D eigenvalue weighted by Gasteiger charge is -2.21. The van der Waals surface area contributed by atoms with E-state index in [0.717, 1.165) is 0 Å². The number of aryl methyl sites for hydroxylation is 1.